The second kappa shape index (κ2) is 8.76. The van der Waals surface area contributed by atoms with Gasteiger partial charge in [-0.1, -0.05) is 35.9 Å². The Morgan fingerprint density at radius 3 is 2.61 bits per heavy atom. The van der Waals surface area contributed by atoms with Crippen LogP contribution in [-0.2, 0) is 22.1 Å². The van der Waals surface area contributed by atoms with Crippen LogP contribution in [-0.4, -0.2) is 34.8 Å². The van der Waals surface area contributed by atoms with E-state index in [-0.39, 0.29) is 28.9 Å². The lowest BCUT2D eigenvalue weighted by Crippen LogP contribution is -2.33. The number of nitrogens with zero attached hydrogens (tertiary/aromatic N) is 3. The highest BCUT2D eigenvalue weighted by atomic mass is 35.5. The maximum atomic E-state index is 13.2. The van der Waals surface area contributed by atoms with E-state index in [1.165, 1.54) is 11.3 Å². The molecule has 1 aliphatic carbocycles. The number of carbonyl (C=O) groups excluding carboxylic acids is 1. The summed E-state index contributed by atoms with van der Waals surface area (Å²) in [6, 6.07) is 10.7. The molecule has 0 radical (unpaired) electrons. The minimum absolute atomic E-state index is 0.0109. The number of hydrogen-bond acceptors (Lipinski definition) is 5. The largest absolute Gasteiger partial charge is 0.329 e. The highest BCUT2D eigenvalue weighted by molar-refractivity contribution is 7.90. The zero-order valence-electron chi connectivity index (χ0n) is 17.4. The van der Waals surface area contributed by atoms with Crippen molar-refractivity contribution in [2.75, 3.05) is 0 Å². The molecule has 0 bridgehead atoms. The first-order chi connectivity index (χ1) is 14.8. The fourth-order valence-electron chi connectivity index (χ4n) is 3.63. The third-order valence-corrected chi connectivity index (χ3v) is 8.03. The zero-order chi connectivity index (χ0) is 22.2. The topological polar surface area (TPSA) is 72.3 Å². The fourth-order valence-corrected chi connectivity index (χ4v) is 6.22. The summed E-state index contributed by atoms with van der Waals surface area (Å²) in [6.07, 6.45) is 3.51. The number of imidazole rings is 1. The van der Waals surface area contributed by atoms with Gasteiger partial charge in [0.1, 0.15) is 0 Å². The van der Waals surface area contributed by atoms with E-state index in [1.807, 2.05) is 36.3 Å². The number of hydrogen-bond donors (Lipinski definition) is 0. The average Bonchev–Trinajstić information content (AvgIpc) is 3.24. The molecule has 2 aromatic heterocycles. The van der Waals surface area contributed by atoms with Crippen molar-refractivity contribution in [1.29, 1.82) is 0 Å². The Morgan fingerprint density at radius 2 is 2.00 bits per heavy atom. The van der Waals surface area contributed by atoms with Gasteiger partial charge >= 0.3 is 0 Å². The van der Waals surface area contributed by atoms with Crippen LogP contribution in [0.4, 0.5) is 0 Å². The first-order valence-electron chi connectivity index (χ1n) is 10.1. The van der Waals surface area contributed by atoms with Crippen LogP contribution in [0.3, 0.4) is 0 Å². The number of aromatic nitrogens is 2. The summed E-state index contributed by atoms with van der Waals surface area (Å²) in [4.78, 5) is 19.8. The molecule has 1 saturated carbocycles. The third-order valence-electron chi connectivity index (χ3n) is 5.25. The van der Waals surface area contributed by atoms with Gasteiger partial charge in [0, 0.05) is 17.1 Å². The Hall–Kier alpha value is -2.16. The zero-order valence-corrected chi connectivity index (χ0v) is 19.8. The van der Waals surface area contributed by atoms with Gasteiger partial charge < -0.3 is 9.47 Å². The lowest BCUT2D eigenvalue weighted by atomic mass is 10.2. The molecule has 0 spiro atoms. The number of halogens is 1. The van der Waals surface area contributed by atoms with E-state index in [9.17, 15) is 13.2 Å². The van der Waals surface area contributed by atoms with Crippen LogP contribution in [0, 0.1) is 0 Å². The second-order valence-corrected chi connectivity index (χ2v) is 11.2. The first-order valence-corrected chi connectivity index (χ1v) is 13.1. The number of benzene rings is 1. The molecule has 1 fully saturated rings. The quantitative estimate of drug-likeness (QED) is 0.459. The Morgan fingerprint density at radius 1 is 1.26 bits per heavy atom. The molecule has 1 amide bonds. The van der Waals surface area contributed by atoms with E-state index in [1.54, 1.807) is 35.0 Å². The monoisotopic (exact) mass is 477 g/mol. The fraction of sp³-hybridized carbons (Fsp3) is 0.364. The summed E-state index contributed by atoms with van der Waals surface area (Å²) in [7, 11) is -3.73. The Balaban J connectivity index is 1.66. The van der Waals surface area contributed by atoms with E-state index >= 15 is 0 Å². The number of thiophene rings is 1. The Bertz CT molecular complexity index is 1180. The van der Waals surface area contributed by atoms with Crippen molar-refractivity contribution < 1.29 is 13.2 Å². The minimum Gasteiger partial charge on any atom is -0.329 e. The molecular weight excluding hydrogens is 454 g/mol. The summed E-state index contributed by atoms with van der Waals surface area (Å²) in [5.74, 6) is -0.245. The molecule has 164 valence electrons. The number of amides is 1. The summed E-state index contributed by atoms with van der Waals surface area (Å²) >= 11 is 7.60. The lowest BCUT2D eigenvalue weighted by molar-refractivity contribution is 0.0729. The molecule has 0 aliphatic heterocycles. The number of rotatable bonds is 8. The van der Waals surface area contributed by atoms with Crippen molar-refractivity contribution in [3.63, 3.8) is 0 Å². The van der Waals surface area contributed by atoms with Crippen LogP contribution >= 0.6 is 22.9 Å². The van der Waals surface area contributed by atoms with Crippen LogP contribution in [0.5, 0.6) is 0 Å². The predicted octanol–water partition coefficient (Wildman–Crippen LogP) is 4.96. The molecule has 6 nitrogen and oxygen atoms in total. The maximum Gasteiger partial charge on any atom is 0.264 e. The summed E-state index contributed by atoms with van der Waals surface area (Å²) in [5.41, 5.74) is 1.25. The normalized spacial score (nSPS) is 14.2. The van der Waals surface area contributed by atoms with E-state index in [0.29, 0.717) is 27.7 Å². The van der Waals surface area contributed by atoms with Gasteiger partial charge in [0.2, 0.25) is 15.0 Å². The van der Waals surface area contributed by atoms with Gasteiger partial charge in [0.25, 0.3) is 5.91 Å². The first kappa shape index (κ1) is 22.0. The molecule has 3 aromatic rings. The molecule has 31 heavy (non-hydrogen) atoms. The molecule has 0 saturated heterocycles. The summed E-state index contributed by atoms with van der Waals surface area (Å²) < 4.78 is 28.2. The SMILES string of the molecule is CC(C)n1c(CN(C(=O)c2cccs2)C2CC2)cnc1S(=O)(=O)Cc1ccccc1Cl. The molecule has 4 rings (SSSR count). The second-order valence-electron chi connectivity index (χ2n) is 7.99. The molecular formula is C22H24ClN3O3S2. The summed E-state index contributed by atoms with van der Waals surface area (Å²) in [6.45, 7) is 4.17. The number of carbonyl (C=O) groups is 1. The van der Waals surface area contributed by atoms with Crippen molar-refractivity contribution in [3.8, 4) is 0 Å². The van der Waals surface area contributed by atoms with Crippen LogP contribution in [0.1, 0.15) is 53.7 Å². The third kappa shape index (κ3) is 4.71. The highest BCUT2D eigenvalue weighted by Crippen LogP contribution is 2.32. The molecule has 1 aliphatic rings. The lowest BCUT2D eigenvalue weighted by Gasteiger charge is -2.24. The van der Waals surface area contributed by atoms with E-state index in [2.05, 4.69) is 4.98 Å². The highest BCUT2D eigenvalue weighted by Gasteiger charge is 2.35. The minimum atomic E-state index is -3.73. The Kier molecular flexibility index (Phi) is 6.23. The standard InChI is InChI=1S/C22H24ClN3O3S2/c1-15(2)26-18(13-25(17-9-10-17)21(27)20-8-5-11-30-20)12-24-22(26)31(28,29)14-16-6-3-4-7-19(16)23/h3-8,11-12,15,17H,9-10,13-14H2,1-2H3. The Labute approximate surface area is 191 Å². The van der Waals surface area contributed by atoms with Crippen LogP contribution in [0.2, 0.25) is 5.02 Å². The van der Waals surface area contributed by atoms with E-state index in [4.69, 9.17) is 11.6 Å². The van der Waals surface area contributed by atoms with Crippen LogP contribution in [0.15, 0.2) is 53.1 Å². The predicted molar refractivity (Wildman–Crippen MR) is 122 cm³/mol. The van der Waals surface area contributed by atoms with E-state index < -0.39 is 9.84 Å². The van der Waals surface area contributed by atoms with Gasteiger partial charge in [0.15, 0.2) is 0 Å². The molecule has 0 atom stereocenters. The maximum absolute atomic E-state index is 13.2. The molecule has 9 heteroatoms. The van der Waals surface area contributed by atoms with Gasteiger partial charge in [0.05, 0.1) is 29.1 Å². The molecule has 1 aromatic carbocycles. The van der Waals surface area contributed by atoms with Crippen molar-refractivity contribution >= 4 is 38.7 Å². The average molecular weight is 478 g/mol. The van der Waals surface area contributed by atoms with Crippen molar-refractivity contribution in [2.24, 2.45) is 0 Å². The summed E-state index contributed by atoms with van der Waals surface area (Å²) in [5, 5.41) is 2.31. The van der Waals surface area contributed by atoms with Crippen molar-refractivity contribution in [2.45, 2.75) is 56.2 Å². The van der Waals surface area contributed by atoms with Gasteiger partial charge in [-0.05, 0) is 49.8 Å². The van der Waals surface area contributed by atoms with Gasteiger partial charge in [-0.2, -0.15) is 0 Å². The molecule has 0 unspecified atom stereocenters. The van der Waals surface area contributed by atoms with Gasteiger partial charge in [-0.3, -0.25) is 4.79 Å². The van der Waals surface area contributed by atoms with Crippen molar-refractivity contribution in [3.05, 3.63) is 69.1 Å². The van der Waals surface area contributed by atoms with Crippen molar-refractivity contribution in [1.82, 2.24) is 14.5 Å². The molecule has 0 N–H and O–H groups in total. The van der Waals surface area contributed by atoms with Gasteiger partial charge in [-0.15, -0.1) is 11.3 Å². The van der Waals surface area contributed by atoms with E-state index in [0.717, 1.165) is 12.8 Å². The van der Waals surface area contributed by atoms with Crippen LogP contribution in [0.25, 0.3) is 0 Å². The van der Waals surface area contributed by atoms with Gasteiger partial charge in [-0.25, -0.2) is 13.4 Å². The van der Waals surface area contributed by atoms with Crippen LogP contribution < -0.4 is 0 Å². The smallest absolute Gasteiger partial charge is 0.264 e. The number of sulfone groups is 1. The molecule has 2 heterocycles.